The van der Waals surface area contributed by atoms with E-state index in [9.17, 15) is 8.78 Å². The molecule has 1 unspecified atom stereocenters. The van der Waals surface area contributed by atoms with Gasteiger partial charge in [-0.25, -0.2) is 8.78 Å². The SMILES string of the molecule is CNC(CCc1ccc(C)c(F)c1F)c1ccccc1. The summed E-state index contributed by atoms with van der Waals surface area (Å²) in [6.45, 7) is 1.57. The van der Waals surface area contributed by atoms with Crippen LogP contribution in [-0.4, -0.2) is 7.05 Å². The van der Waals surface area contributed by atoms with Crippen molar-refractivity contribution in [3.8, 4) is 0 Å². The summed E-state index contributed by atoms with van der Waals surface area (Å²) in [4.78, 5) is 0. The Morgan fingerprint density at radius 3 is 2.35 bits per heavy atom. The maximum Gasteiger partial charge on any atom is 0.162 e. The third kappa shape index (κ3) is 3.23. The van der Waals surface area contributed by atoms with Crippen LogP contribution in [0.4, 0.5) is 8.78 Å². The molecule has 0 heterocycles. The Bertz CT molecular complexity index is 567. The van der Waals surface area contributed by atoms with Crippen molar-refractivity contribution < 1.29 is 8.78 Å². The van der Waals surface area contributed by atoms with E-state index in [1.807, 2.05) is 37.4 Å². The quantitative estimate of drug-likeness (QED) is 0.863. The first-order valence-electron chi connectivity index (χ1n) is 6.79. The maximum atomic E-state index is 13.8. The summed E-state index contributed by atoms with van der Waals surface area (Å²) in [7, 11) is 1.88. The molecule has 1 nitrogen and oxygen atoms in total. The van der Waals surface area contributed by atoms with Gasteiger partial charge in [0.15, 0.2) is 11.6 Å². The molecule has 2 rings (SSSR count). The molecular formula is C17H19F2N. The van der Waals surface area contributed by atoms with Gasteiger partial charge in [0.25, 0.3) is 0 Å². The number of halogens is 2. The maximum absolute atomic E-state index is 13.8. The van der Waals surface area contributed by atoms with Crippen LogP contribution in [0.2, 0.25) is 0 Å². The van der Waals surface area contributed by atoms with E-state index in [2.05, 4.69) is 5.32 Å². The minimum Gasteiger partial charge on any atom is -0.313 e. The summed E-state index contributed by atoms with van der Waals surface area (Å²) in [5.41, 5.74) is 1.94. The fraction of sp³-hybridized carbons (Fsp3) is 0.294. The van der Waals surface area contributed by atoms with E-state index in [0.29, 0.717) is 17.5 Å². The minimum atomic E-state index is -0.733. The highest BCUT2D eigenvalue weighted by Gasteiger charge is 2.14. The first-order chi connectivity index (χ1) is 9.63. The Labute approximate surface area is 118 Å². The number of aryl methyl sites for hydroxylation is 2. The average molecular weight is 275 g/mol. The van der Waals surface area contributed by atoms with Crippen molar-refractivity contribution in [2.45, 2.75) is 25.8 Å². The molecule has 0 fully saturated rings. The van der Waals surface area contributed by atoms with Crippen LogP contribution in [0.1, 0.15) is 29.2 Å². The predicted octanol–water partition coefficient (Wildman–Crippen LogP) is 4.17. The molecule has 2 aromatic carbocycles. The first kappa shape index (κ1) is 14.7. The van der Waals surface area contributed by atoms with Crippen molar-refractivity contribution in [2.24, 2.45) is 0 Å². The molecule has 0 aromatic heterocycles. The average Bonchev–Trinajstić information content (AvgIpc) is 2.48. The van der Waals surface area contributed by atoms with Crippen molar-refractivity contribution >= 4 is 0 Å². The minimum absolute atomic E-state index is 0.139. The predicted molar refractivity (Wildman–Crippen MR) is 77.7 cm³/mol. The van der Waals surface area contributed by atoms with Crippen LogP contribution in [0, 0.1) is 18.6 Å². The highest BCUT2D eigenvalue weighted by Crippen LogP contribution is 2.22. The Morgan fingerprint density at radius 1 is 1.00 bits per heavy atom. The van der Waals surface area contributed by atoms with Crippen molar-refractivity contribution in [1.29, 1.82) is 0 Å². The third-order valence-corrected chi connectivity index (χ3v) is 3.61. The van der Waals surface area contributed by atoms with Crippen LogP contribution in [0.3, 0.4) is 0 Å². The van der Waals surface area contributed by atoms with Gasteiger partial charge in [0, 0.05) is 6.04 Å². The van der Waals surface area contributed by atoms with Crippen LogP contribution < -0.4 is 5.32 Å². The van der Waals surface area contributed by atoms with E-state index in [1.165, 1.54) is 0 Å². The molecule has 0 aliphatic rings. The molecule has 0 spiro atoms. The summed E-state index contributed by atoms with van der Waals surface area (Å²) in [6, 6.07) is 13.4. The van der Waals surface area contributed by atoms with Crippen molar-refractivity contribution in [3.05, 3.63) is 70.8 Å². The molecular weight excluding hydrogens is 256 g/mol. The van der Waals surface area contributed by atoms with Gasteiger partial charge < -0.3 is 5.32 Å². The standard InChI is InChI=1S/C17H19F2N/c1-12-8-9-14(17(19)16(12)18)10-11-15(20-2)13-6-4-3-5-7-13/h3-9,15,20H,10-11H2,1-2H3. The monoisotopic (exact) mass is 275 g/mol. The highest BCUT2D eigenvalue weighted by molar-refractivity contribution is 5.26. The van der Waals surface area contributed by atoms with Gasteiger partial charge in [-0.3, -0.25) is 0 Å². The highest BCUT2D eigenvalue weighted by atomic mass is 19.2. The van der Waals surface area contributed by atoms with Crippen LogP contribution in [-0.2, 0) is 6.42 Å². The Morgan fingerprint density at radius 2 is 1.70 bits per heavy atom. The van der Waals surface area contributed by atoms with Gasteiger partial charge in [0.1, 0.15) is 0 Å². The molecule has 20 heavy (non-hydrogen) atoms. The normalized spacial score (nSPS) is 12.4. The molecule has 0 aliphatic heterocycles. The number of nitrogens with one attached hydrogen (secondary N) is 1. The molecule has 2 aromatic rings. The van der Waals surface area contributed by atoms with Gasteiger partial charge in [-0.05, 0) is 43.5 Å². The molecule has 0 bridgehead atoms. The van der Waals surface area contributed by atoms with Gasteiger partial charge in [0.2, 0.25) is 0 Å². The molecule has 3 heteroatoms. The topological polar surface area (TPSA) is 12.0 Å². The van der Waals surface area contributed by atoms with Gasteiger partial charge in [-0.1, -0.05) is 42.5 Å². The van der Waals surface area contributed by atoms with Gasteiger partial charge in [0.05, 0.1) is 0 Å². The van der Waals surface area contributed by atoms with Crippen molar-refractivity contribution in [1.82, 2.24) is 5.32 Å². The molecule has 1 N–H and O–H groups in total. The molecule has 0 radical (unpaired) electrons. The second-order valence-corrected chi connectivity index (χ2v) is 4.96. The van der Waals surface area contributed by atoms with Crippen molar-refractivity contribution in [3.63, 3.8) is 0 Å². The summed E-state index contributed by atoms with van der Waals surface area (Å²) >= 11 is 0. The van der Waals surface area contributed by atoms with Crippen LogP contribution in [0.15, 0.2) is 42.5 Å². The van der Waals surface area contributed by atoms with Crippen molar-refractivity contribution in [2.75, 3.05) is 7.05 Å². The van der Waals surface area contributed by atoms with Gasteiger partial charge in [-0.15, -0.1) is 0 Å². The first-order valence-corrected chi connectivity index (χ1v) is 6.79. The summed E-state index contributed by atoms with van der Waals surface area (Å²) in [6.07, 6.45) is 1.23. The number of hydrogen-bond donors (Lipinski definition) is 1. The van der Waals surface area contributed by atoms with Crippen LogP contribution >= 0.6 is 0 Å². The lowest BCUT2D eigenvalue weighted by molar-refractivity contribution is 0.483. The molecule has 0 amide bonds. The molecule has 106 valence electrons. The number of benzene rings is 2. The van der Waals surface area contributed by atoms with E-state index < -0.39 is 11.6 Å². The third-order valence-electron chi connectivity index (χ3n) is 3.61. The van der Waals surface area contributed by atoms with E-state index in [0.717, 1.165) is 12.0 Å². The summed E-state index contributed by atoms with van der Waals surface area (Å²) in [5.74, 6) is -1.45. The van der Waals surface area contributed by atoms with E-state index >= 15 is 0 Å². The second-order valence-electron chi connectivity index (χ2n) is 4.96. The lowest BCUT2D eigenvalue weighted by Crippen LogP contribution is -2.17. The van der Waals surface area contributed by atoms with E-state index in [4.69, 9.17) is 0 Å². The Balaban J connectivity index is 2.10. The Kier molecular flexibility index (Phi) is 4.85. The van der Waals surface area contributed by atoms with E-state index in [1.54, 1.807) is 19.1 Å². The molecule has 1 atom stereocenters. The fourth-order valence-electron chi connectivity index (χ4n) is 2.34. The summed E-state index contributed by atoms with van der Waals surface area (Å²) in [5, 5.41) is 3.22. The largest absolute Gasteiger partial charge is 0.313 e. The van der Waals surface area contributed by atoms with E-state index in [-0.39, 0.29) is 6.04 Å². The zero-order valence-electron chi connectivity index (χ0n) is 11.8. The number of hydrogen-bond acceptors (Lipinski definition) is 1. The fourth-order valence-corrected chi connectivity index (χ4v) is 2.34. The number of rotatable bonds is 5. The van der Waals surface area contributed by atoms with Gasteiger partial charge >= 0.3 is 0 Å². The van der Waals surface area contributed by atoms with Crippen LogP contribution in [0.5, 0.6) is 0 Å². The second kappa shape index (κ2) is 6.62. The van der Waals surface area contributed by atoms with Crippen LogP contribution in [0.25, 0.3) is 0 Å². The lowest BCUT2D eigenvalue weighted by atomic mass is 9.98. The molecule has 0 saturated heterocycles. The summed E-state index contributed by atoms with van der Waals surface area (Å²) < 4.78 is 27.4. The molecule has 0 saturated carbocycles. The zero-order chi connectivity index (χ0) is 14.5. The lowest BCUT2D eigenvalue weighted by Gasteiger charge is -2.17. The smallest absolute Gasteiger partial charge is 0.162 e. The molecule has 0 aliphatic carbocycles. The Hall–Kier alpha value is -1.74. The van der Waals surface area contributed by atoms with Gasteiger partial charge in [-0.2, -0.15) is 0 Å². The zero-order valence-corrected chi connectivity index (χ0v) is 11.8.